The Morgan fingerprint density at radius 1 is 1.15 bits per heavy atom. The minimum atomic E-state index is 0.0232. The highest BCUT2D eigenvalue weighted by molar-refractivity contribution is 5.79. The minimum Gasteiger partial charge on any atom is -0.334 e. The predicted molar refractivity (Wildman–Crippen MR) is 112 cm³/mol. The molecule has 0 bridgehead atoms. The number of nitrogens with one attached hydrogen (secondary N) is 2. The van der Waals surface area contributed by atoms with Crippen LogP contribution in [0.25, 0.3) is 0 Å². The molecule has 6 heteroatoms. The van der Waals surface area contributed by atoms with E-state index in [0.717, 1.165) is 71.4 Å². The summed E-state index contributed by atoms with van der Waals surface area (Å²) in [6.07, 6.45) is 5.48. The average molecular weight is 383 g/mol. The number of rotatable bonds is 13. The first-order valence-corrected chi connectivity index (χ1v) is 11.0. The first kappa shape index (κ1) is 23.9. The van der Waals surface area contributed by atoms with Gasteiger partial charge in [-0.15, -0.1) is 0 Å². The van der Waals surface area contributed by atoms with Crippen LogP contribution in [0.3, 0.4) is 0 Å². The van der Waals surface area contributed by atoms with Crippen molar-refractivity contribution in [2.24, 2.45) is 5.92 Å². The van der Waals surface area contributed by atoms with Crippen molar-refractivity contribution >= 4 is 11.8 Å². The van der Waals surface area contributed by atoms with Gasteiger partial charge in [-0.25, -0.2) is 4.79 Å². The van der Waals surface area contributed by atoms with Crippen LogP contribution in [-0.4, -0.2) is 73.5 Å². The van der Waals surface area contributed by atoms with Crippen molar-refractivity contribution in [1.29, 1.82) is 0 Å². The second-order valence-electron chi connectivity index (χ2n) is 7.69. The Hall–Kier alpha value is -1.14. The molecule has 1 fully saturated rings. The summed E-state index contributed by atoms with van der Waals surface area (Å²) in [7, 11) is 0. The Morgan fingerprint density at radius 2 is 1.89 bits per heavy atom. The zero-order valence-corrected chi connectivity index (χ0v) is 18.1. The van der Waals surface area contributed by atoms with Crippen LogP contribution < -0.4 is 10.6 Å². The smallest absolute Gasteiger partial charge is 0.317 e. The van der Waals surface area contributed by atoms with Crippen molar-refractivity contribution in [2.45, 2.75) is 72.3 Å². The van der Waals surface area contributed by atoms with Gasteiger partial charge in [-0.3, -0.25) is 4.79 Å². The maximum atomic E-state index is 12.8. The molecule has 2 N–H and O–H groups in total. The molecule has 1 rings (SSSR count). The second kappa shape index (κ2) is 13.9. The van der Waals surface area contributed by atoms with E-state index in [1.54, 1.807) is 0 Å². The molecule has 27 heavy (non-hydrogen) atoms. The third-order valence-corrected chi connectivity index (χ3v) is 5.60. The van der Waals surface area contributed by atoms with Crippen molar-refractivity contribution in [1.82, 2.24) is 20.4 Å². The van der Waals surface area contributed by atoms with Gasteiger partial charge in [0.1, 0.15) is 5.78 Å². The summed E-state index contributed by atoms with van der Waals surface area (Å²) >= 11 is 0. The molecule has 0 heterocycles. The molecule has 2 atom stereocenters. The molecule has 0 spiro atoms. The molecular weight excluding hydrogens is 340 g/mol. The number of Topliss-reactive ketones (excluding diaryl/α,β-unsaturated/α-hetero) is 1. The van der Waals surface area contributed by atoms with Crippen molar-refractivity contribution < 1.29 is 9.59 Å². The van der Waals surface area contributed by atoms with Crippen LogP contribution in [0.2, 0.25) is 0 Å². The zero-order valence-electron chi connectivity index (χ0n) is 18.1. The minimum absolute atomic E-state index is 0.0232. The third-order valence-electron chi connectivity index (χ3n) is 5.60. The molecule has 2 amide bonds. The van der Waals surface area contributed by atoms with Crippen LogP contribution in [-0.2, 0) is 4.79 Å². The predicted octanol–water partition coefficient (Wildman–Crippen LogP) is 2.88. The first-order chi connectivity index (χ1) is 13.0. The van der Waals surface area contributed by atoms with E-state index in [0.29, 0.717) is 24.7 Å². The van der Waals surface area contributed by atoms with Crippen molar-refractivity contribution in [3.63, 3.8) is 0 Å². The topological polar surface area (TPSA) is 64.7 Å². The highest BCUT2D eigenvalue weighted by Crippen LogP contribution is 2.25. The first-order valence-electron chi connectivity index (χ1n) is 11.0. The Balaban J connectivity index is 2.58. The Kier molecular flexibility index (Phi) is 12.3. The van der Waals surface area contributed by atoms with Gasteiger partial charge in [-0.2, -0.15) is 0 Å². The van der Waals surface area contributed by atoms with Crippen LogP contribution in [0, 0.1) is 5.92 Å². The number of hydrogen-bond donors (Lipinski definition) is 2. The van der Waals surface area contributed by atoms with Gasteiger partial charge >= 0.3 is 6.03 Å². The van der Waals surface area contributed by atoms with E-state index in [1.165, 1.54) is 0 Å². The summed E-state index contributed by atoms with van der Waals surface area (Å²) in [5.41, 5.74) is 0. The van der Waals surface area contributed by atoms with Crippen LogP contribution in [0.15, 0.2) is 0 Å². The summed E-state index contributed by atoms with van der Waals surface area (Å²) in [6, 6.07) is 0.109. The van der Waals surface area contributed by atoms with Crippen molar-refractivity contribution in [2.75, 3.05) is 45.8 Å². The fraction of sp³-hybridized carbons (Fsp3) is 0.905. The molecule has 158 valence electrons. The van der Waals surface area contributed by atoms with Gasteiger partial charge in [0.25, 0.3) is 0 Å². The van der Waals surface area contributed by atoms with E-state index in [1.807, 2.05) is 11.8 Å². The number of carbonyl (C=O) groups is 2. The lowest BCUT2D eigenvalue weighted by Crippen LogP contribution is -2.50. The maximum absolute atomic E-state index is 12.8. The Morgan fingerprint density at radius 3 is 2.48 bits per heavy atom. The molecule has 1 aliphatic rings. The lowest BCUT2D eigenvalue weighted by Gasteiger charge is -2.30. The van der Waals surface area contributed by atoms with E-state index in [-0.39, 0.29) is 12.1 Å². The molecule has 0 saturated heterocycles. The Labute approximate surface area is 166 Å². The van der Waals surface area contributed by atoms with Crippen LogP contribution in [0.4, 0.5) is 4.79 Å². The number of hydrogen-bond acceptors (Lipinski definition) is 4. The summed E-state index contributed by atoms with van der Waals surface area (Å²) in [5, 5.41) is 6.68. The number of nitrogens with zero attached hydrogens (tertiary/aromatic N) is 2. The van der Waals surface area contributed by atoms with E-state index in [9.17, 15) is 9.59 Å². The SMILES string of the molecule is CCCNC[C@H](C[C@H]1CCCC(=O)C1)NC(=O)N(CC)CCN(CC)CC. The highest BCUT2D eigenvalue weighted by atomic mass is 16.2. The second-order valence-corrected chi connectivity index (χ2v) is 7.69. The van der Waals surface area contributed by atoms with Gasteiger partial charge in [0.15, 0.2) is 0 Å². The normalized spacial score (nSPS) is 18.6. The standard InChI is InChI=1S/C21H42N4O2/c1-5-12-22-17-19(15-18-10-9-11-20(26)16-18)23-21(27)25(8-4)14-13-24(6-2)7-3/h18-19,22H,5-17H2,1-4H3,(H,23,27)/t18-,19+/m1/s1. The summed E-state index contributed by atoms with van der Waals surface area (Å²) in [6.45, 7) is 14.6. The molecule has 0 aliphatic heterocycles. The number of carbonyl (C=O) groups excluding carboxylic acids is 2. The largest absolute Gasteiger partial charge is 0.334 e. The summed E-state index contributed by atoms with van der Waals surface area (Å²) in [4.78, 5) is 28.8. The zero-order chi connectivity index (χ0) is 20.1. The lowest BCUT2D eigenvalue weighted by atomic mass is 9.84. The molecular formula is C21H42N4O2. The number of urea groups is 1. The molecule has 6 nitrogen and oxygen atoms in total. The fourth-order valence-electron chi connectivity index (χ4n) is 3.84. The number of amides is 2. The molecule has 0 unspecified atom stereocenters. The van der Waals surface area contributed by atoms with Crippen LogP contribution in [0.1, 0.15) is 66.2 Å². The van der Waals surface area contributed by atoms with Gasteiger partial charge in [0.2, 0.25) is 0 Å². The van der Waals surface area contributed by atoms with Gasteiger partial charge in [0.05, 0.1) is 0 Å². The van der Waals surface area contributed by atoms with Gasteiger partial charge in [-0.05, 0) is 58.2 Å². The quantitative estimate of drug-likeness (QED) is 0.481. The molecule has 1 saturated carbocycles. The molecule has 0 aromatic heterocycles. The summed E-state index contributed by atoms with van der Waals surface area (Å²) in [5.74, 6) is 0.790. The fourth-order valence-corrected chi connectivity index (χ4v) is 3.84. The van der Waals surface area contributed by atoms with Crippen molar-refractivity contribution in [3.05, 3.63) is 0 Å². The van der Waals surface area contributed by atoms with E-state index in [4.69, 9.17) is 0 Å². The molecule has 0 aromatic carbocycles. The van der Waals surface area contributed by atoms with E-state index < -0.39 is 0 Å². The summed E-state index contributed by atoms with van der Waals surface area (Å²) < 4.78 is 0. The van der Waals surface area contributed by atoms with Gasteiger partial charge in [-0.1, -0.05) is 20.8 Å². The molecule has 1 aliphatic carbocycles. The monoisotopic (exact) mass is 382 g/mol. The average Bonchev–Trinajstić information content (AvgIpc) is 2.65. The lowest BCUT2D eigenvalue weighted by molar-refractivity contribution is -0.121. The molecule has 0 radical (unpaired) electrons. The van der Waals surface area contributed by atoms with Crippen LogP contribution in [0.5, 0.6) is 0 Å². The number of likely N-dealkylation sites (N-methyl/N-ethyl adjacent to an activating group) is 2. The number of ketones is 1. The third kappa shape index (κ3) is 9.56. The maximum Gasteiger partial charge on any atom is 0.317 e. The molecule has 0 aromatic rings. The van der Waals surface area contributed by atoms with Crippen molar-refractivity contribution in [3.8, 4) is 0 Å². The Bertz CT molecular complexity index is 426. The van der Waals surface area contributed by atoms with E-state index in [2.05, 4.69) is 36.3 Å². The highest BCUT2D eigenvalue weighted by Gasteiger charge is 2.25. The van der Waals surface area contributed by atoms with E-state index >= 15 is 0 Å². The van der Waals surface area contributed by atoms with Gasteiger partial charge < -0.3 is 20.4 Å². The van der Waals surface area contributed by atoms with Crippen LogP contribution >= 0.6 is 0 Å². The van der Waals surface area contributed by atoms with Gasteiger partial charge in [0, 0.05) is 45.1 Å².